The van der Waals surface area contributed by atoms with Gasteiger partial charge in [-0.2, -0.15) is 0 Å². The molecule has 5 heteroatoms. The first-order valence-corrected chi connectivity index (χ1v) is 8.89. The SMILES string of the molecule is O=C(NC1CCCc2ccccc21)c1ccnc(OC2CCOC2)c1. The fourth-order valence-corrected chi connectivity index (χ4v) is 3.54. The summed E-state index contributed by atoms with van der Waals surface area (Å²) in [4.78, 5) is 16.9. The largest absolute Gasteiger partial charge is 0.472 e. The van der Waals surface area contributed by atoms with Crippen molar-refractivity contribution in [3.63, 3.8) is 0 Å². The third kappa shape index (κ3) is 3.66. The van der Waals surface area contributed by atoms with E-state index in [4.69, 9.17) is 9.47 Å². The lowest BCUT2D eigenvalue weighted by molar-refractivity contribution is 0.0931. The van der Waals surface area contributed by atoms with Crippen LogP contribution in [0.15, 0.2) is 42.6 Å². The molecule has 1 aromatic carbocycles. The molecule has 25 heavy (non-hydrogen) atoms. The first-order chi connectivity index (χ1) is 12.3. The average Bonchev–Trinajstić information content (AvgIpc) is 3.15. The number of hydrogen-bond acceptors (Lipinski definition) is 4. The highest BCUT2D eigenvalue weighted by Gasteiger charge is 2.23. The molecule has 1 saturated heterocycles. The highest BCUT2D eigenvalue weighted by Crippen LogP contribution is 2.29. The molecule has 1 N–H and O–H groups in total. The highest BCUT2D eigenvalue weighted by atomic mass is 16.5. The van der Waals surface area contributed by atoms with Gasteiger partial charge >= 0.3 is 0 Å². The van der Waals surface area contributed by atoms with Gasteiger partial charge in [0.25, 0.3) is 5.91 Å². The summed E-state index contributed by atoms with van der Waals surface area (Å²) in [5.74, 6) is 0.392. The van der Waals surface area contributed by atoms with Gasteiger partial charge in [0.05, 0.1) is 19.3 Å². The van der Waals surface area contributed by atoms with Crippen molar-refractivity contribution >= 4 is 5.91 Å². The molecule has 0 bridgehead atoms. The van der Waals surface area contributed by atoms with E-state index in [1.165, 1.54) is 11.1 Å². The van der Waals surface area contributed by atoms with Crippen LogP contribution in [0.1, 0.15) is 46.8 Å². The van der Waals surface area contributed by atoms with Crippen LogP contribution in [0.25, 0.3) is 0 Å². The number of nitrogens with zero attached hydrogens (tertiary/aromatic N) is 1. The van der Waals surface area contributed by atoms with Gasteiger partial charge < -0.3 is 14.8 Å². The van der Waals surface area contributed by atoms with Crippen LogP contribution in [0.4, 0.5) is 0 Å². The maximum atomic E-state index is 12.7. The Bertz CT molecular complexity index is 756. The van der Waals surface area contributed by atoms with E-state index in [1.54, 1.807) is 18.3 Å². The van der Waals surface area contributed by atoms with Gasteiger partial charge in [0.1, 0.15) is 6.10 Å². The number of carbonyl (C=O) groups is 1. The number of aryl methyl sites for hydroxylation is 1. The van der Waals surface area contributed by atoms with Crippen molar-refractivity contribution in [2.45, 2.75) is 37.8 Å². The molecule has 0 saturated carbocycles. The maximum Gasteiger partial charge on any atom is 0.252 e. The van der Waals surface area contributed by atoms with E-state index in [0.717, 1.165) is 25.7 Å². The summed E-state index contributed by atoms with van der Waals surface area (Å²) < 4.78 is 11.1. The Hall–Kier alpha value is -2.40. The summed E-state index contributed by atoms with van der Waals surface area (Å²) in [5, 5.41) is 3.17. The van der Waals surface area contributed by atoms with Gasteiger partial charge in [-0.1, -0.05) is 24.3 Å². The van der Waals surface area contributed by atoms with Crippen LogP contribution in [0.5, 0.6) is 5.88 Å². The molecule has 0 spiro atoms. The van der Waals surface area contributed by atoms with Gasteiger partial charge in [0, 0.05) is 24.2 Å². The van der Waals surface area contributed by atoms with Crippen LogP contribution in [0.2, 0.25) is 0 Å². The number of benzene rings is 1. The normalized spacial score (nSPS) is 22.2. The lowest BCUT2D eigenvalue weighted by atomic mass is 9.87. The van der Waals surface area contributed by atoms with Gasteiger partial charge in [-0.25, -0.2) is 4.98 Å². The average molecular weight is 338 g/mol. The molecule has 2 unspecified atom stereocenters. The molecule has 1 amide bonds. The first kappa shape index (κ1) is 16.1. The van der Waals surface area contributed by atoms with E-state index in [-0.39, 0.29) is 18.1 Å². The number of carbonyl (C=O) groups excluding carboxylic acids is 1. The minimum atomic E-state index is -0.0865. The monoisotopic (exact) mass is 338 g/mol. The van der Waals surface area contributed by atoms with Crippen LogP contribution < -0.4 is 10.1 Å². The van der Waals surface area contributed by atoms with E-state index in [1.807, 2.05) is 6.07 Å². The Morgan fingerprint density at radius 1 is 1.24 bits per heavy atom. The van der Waals surface area contributed by atoms with Crippen LogP contribution in [0.3, 0.4) is 0 Å². The molecule has 0 radical (unpaired) electrons. The van der Waals surface area contributed by atoms with Crippen LogP contribution >= 0.6 is 0 Å². The smallest absolute Gasteiger partial charge is 0.252 e. The second-order valence-electron chi connectivity index (χ2n) is 6.60. The third-order valence-electron chi connectivity index (χ3n) is 4.85. The molecule has 1 aromatic heterocycles. The fourth-order valence-electron chi connectivity index (χ4n) is 3.54. The number of aromatic nitrogens is 1. The molecule has 1 aliphatic heterocycles. The van der Waals surface area contributed by atoms with Gasteiger partial charge in [0.2, 0.25) is 5.88 Å². The number of pyridine rings is 1. The van der Waals surface area contributed by atoms with E-state index < -0.39 is 0 Å². The molecule has 1 fully saturated rings. The van der Waals surface area contributed by atoms with Gasteiger partial charge in [-0.3, -0.25) is 4.79 Å². The molecular weight excluding hydrogens is 316 g/mol. The lowest BCUT2D eigenvalue weighted by Crippen LogP contribution is -2.31. The van der Waals surface area contributed by atoms with Crippen molar-refractivity contribution in [3.05, 3.63) is 59.3 Å². The Kier molecular flexibility index (Phi) is 4.65. The van der Waals surface area contributed by atoms with Crippen molar-refractivity contribution < 1.29 is 14.3 Å². The van der Waals surface area contributed by atoms with Crippen molar-refractivity contribution in [2.24, 2.45) is 0 Å². The van der Waals surface area contributed by atoms with E-state index >= 15 is 0 Å². The van der Waals surface area contributed by atoms with Gasteiger partial charge in [-0.05, 0) is 36.5 Å². The number of hydrogen-bond donors (Lipinski definition) is 1. The summed E-state index contributed by atoms with van der Waals surface area (Å²) in [7, 11) is 0. The number of amides is 1. The quantitative estimate of drug-likeness (QED) is 0.931. The van der Waals surface area contributed by atoms with Crippen LogP contribution in [0, 0.1) is 0 Å². The number of ether oxygens (including phenoxy) is 2. The number of rotatable bonds is 4. The van der Waals surface area contributed by atoms with Gasteiger partial charge in [-0.15, -0.1) is 0 Å². The molecule has 5 nitrogen and oxygen atoms in total. The zero-order valence-electron chi connectivity index (χ0n) is 14.1. The second-order valence-corrected chi connectivity index (χ2v) is 6.60. The first-order valence-electron chi connectivity index (χ1n) is 8.89. The Labute approximate surface area is 147 Å². The minimum absolute atomic E-state index is 0.0241. The predicted molar refractivity (Wildman–Crippen MR) is 93.7 cm³/mol. The lowest BCUT2D eigenvalue weighted by Gasteiger charge is -2.26. The standard InChI is InChI=1S/C20H22N2O3/c23-20(22-18-7-3-5-14-4-1-2-6-17(14)18)15-8-10-21-19(12-15)25-16-9-11-24-13-16/h1-2,4,6,8,10,12,16,18H,3,5,7,9,11,13H2,(H,22,23). The molecule has 2 heterocycles. The van der Waals surface area contributed by atoms with Crippen molar-refractivity contribution in [3.8, 4) is 5.88 Å². The van der Waals surface area contributed by atoms with E-state index in [9.17, 15) is 4.79 Å². The second kappa shape index (κ2) is 7.23. The molecule has 2 aliphatic rings. The summed E-state index contributed by atoms with van der Waals surface area (Å²) in [6, 6.07) is 11.9. The highest BCUT2D eigenvalue weighted by molar-refractivity contribution is 5.94. The molecule has 130 valence electrons. The van der Waals surface area contributed by atoms with E-state index in [2.05, 4.69) is 28.5 Å². The zero-order valence-corrected chi connectivity index (χ0v) is 14.1. The minimum Gasteiger partial charge on any atom is -0.472 e. The Balaban J connectivity index is 1.46. The fraction of sp³-hybridized carbons (Fsp3) is 0.400. The molecule has 2 aromatic rings. The summed E-state index contributed by atoms with van der Waals surface area (Å²) in [6.45, 7) is 1.29. The number of fused-ring (bicyclic) bond motifs is 1. The van der Waals surface area contributed by atoms with Crippen molar-refractivity contribution in [2.75, 3.05) is 13.2 Å². The maximum absolute atomic E-state index is 12.7. The Morgan fingerprint density at radius 3 is 3.04 bits per heavy atom. The van der Waals surface area contributed by atoms with Crippen LogP contribution in [-0.4, -0.2) is 30.2 Å². The molecular formula is C20H22N2O3. The van der Waals surface area contributed by atoms with Crippen molar-refractivity contribution in [1.82, 2.24) is 10.3 Å². The summed E-state index contributed by atoms with van der Waals surface area (Å²) >= 11 is 0. The third-order valence-corrected chi connectivity index (χ3v) is 4.85. The van der Waals surface area contributed by atoms with Crippen LogP contribution in [-0.2, 0) is 11.2 Å². The number of nitrogens with one attached hydrogen (secondary N) is 1. The zero-order chi connectivity index (χ0) is 17.1. The summed E-state index contributed by atoms with van der Waals surface area (Å²) in [5.41, 5.74) is 3.14. The van der Waals surface area contributed by atoms with Crippen molar-refractivity contribution in [1.29, 1.82) is 0 Å². The molecule has 1 aliphatic carbocycles. The molecule has 4 rings (SSSR count). The predicted octanol–water partition coefficient (Wildman–Crippen LogP) is 3.06. The van der Waals surface area contributed by atoms with Gasteiger partial charge in [0.15, 0.2) is 0 Å². The molecule has 2 atom stereocenters. The Morgan fingerprint density at radius 2 is 2.16 bits per heavy atom. The topological polar surface area (TPSA) is 60.5 Å². The van der Waals surface area contributed by atoms with E-state index in [0.29, 0.717) is 24.7 Å². The summed E-state index contributed by atoms with van der Waals surface area (Å²) in [6.07, 6.45) is 5.65.